The van der Waals surface area contributed by atoms with Crippen molar-refractivity contribution in [3.8, 4) is 0 Å². The molecule has 19 heavy (non-hydrogen) atoms. The van der Waals surface area contributed by atoms with Gasteiger partial charge in [0.05, 0.1) is 5.69 Å². The van der Waals surface area contributed by atoms with Gasteiger partial charge in [0, 0.05) is 11.8 Å². The van der Waals surface area contributed by atoms with Gasteiger partial charge < -0.3 is 16.8 Å². The second-order valence-electron chi connectivity index (χ2n) is 3.78. The number of carbonyl (C=O) groups excluding carboxylic acids is 1. The molecule has 0 atom stereocenters. The topological polar surface area (TPSA) is 94.0 Å². The van der Waals surface area contributed by atoms with Crippen molar-refractivity contribution in [2.24, 2.45) is 5.73 Å². The fraction of sp³-hybridized carbons (Fsp3) is 0. The largest absolute Gasteiger partial charge is 0.396 e. The summed E-state index contributed by atoms with van der Waals surface area (Å²) in [5.74, 6) is -2.12. The standard InChI is InChI=1S/C12H10F2N4O/c13-6-3-7(14)5-8(4-6)17-12-9(15)1-2-10(18-12)11(16)19/h1-5H,15H2,(H2,16,19)(H,17,18). The summed E-state index contributed by atoms with van der Waals surface area (Å²) >= 11 is 0. The van der Waals surface area contributed by atoms with Gasteiger partial charge in [-0.3, -0.25) is 4.79 Å². The lowest BCUT2D eigenvalue weighted by molar-refractivity contribution is 0.0996. The van der Waals surface area contributed by atoms with Gasteiger partial charge in [0.1, 0.15) is 17.3 Å². The van der Waals surface area contributed by atoms with E-state index in [1.807, 2.05) is 0 Å². The maximum absolute atomic E-state index is 13.0. The van der Waals surface area contributed by atoms with Gasteiger partial charge in [-0.15, -0.1) is 0 Å². The van der Waals surface area contributed by atoms with E-state index in [1.165, 1.54) is 12.1 Å². The lowest BCUT2D eigenvalue weighted by Crippen LogP contribution is -2.14. The molecular weight excluding hydrogens is 254 g/mol. The van der Waals surface area contributed by atoms with Crippen molar-refractivity contribution in [1.82, 2.24) is 4.98 Å². The number of nitrogens with zero attached hydrogens (tertiary/aromatic N) is 1. The third-order valence-corrected chi connectivity index (χ3v) is 2.30. The number of hydrogen-bond acceptors (Lipinski definition) is 4. The summed E-state index contributed by atoms with van der Waals surface area (Å²) < 4.78 is 26.1. The summed E-state index contributed by atoms with van der Waals surface area (Å²) in [5.41, 5.74) is 11.1. The van der Waals surface area contributed by atoms with Gasteiger partial charge >= 0.3 is 0 Å². The minimum atomic E-state index is -0.743. The van der Waals surface area contributed by atoms with E-state index in [9.17, 15) is 13.6 Å². The van der Waals surface area contributed by atoms with Gasteiger partial charge in [0.15, 0.2) is 5.82 Å². The quantitative estimate of drug-likeness (QED) is 0.787. The molecule has 1 aromatic heterocycles. The van der Waals surface area contributed by atoms with E-state index in [0.717, 1.165) is 18.2 Å². The molecule has 0 saturated carbocycles. The highest BCUT2D eigenvalue weighted by atomic mass is 19.1. The molecule has 0 aliphatic heterocycles. The first-order valence-corrected chi connectivity index (χ1v) is 5.25. The van der Waals surface area contributed by atoms with Crippen LogP contribution in [0.1, 0.15) is 10.5 Å². The number of anilines is 3. The van der Waals surface area contributed by atoms with Crippen molar-refractivity contribution in [3.63, 3.8) is 0 Å². The van der Waals surface area contributed by atoms with Crippen LogP contribution in [0, 0.1) is 11.6 Å². The lowest BCUT2D eigenvalue weighted by atomic mass is 10.2. The molecule has 7 heteroatoms. The summed E-state index contributed by atoms with van der Waals surface area (Å²) in [6.07, 6.45) is 0. The number of aromatic nitrogens is 1. The molecule has 1 aromatic carbocycles. The van der Waals surface area contributed by atoms with E-state index < -0.39 is 17.5 Å². The molecule has 2 aromatic rings. The average molecular weight is 264 g/mol. The maximum Gasteiger partial charge on any atom is 0.267 e. The van der Waals surface area contributed by atoms with Crippen molar-refractivity contribution in [1.29, 1.82) is 0 Å². The average Bonchev–Trinajstić information content (AvgIpc) is 2.30. The number of nitrogens with two attached hydrogens (primary N) is 2. The number of halogens is 2. The van der Waals surface area contributed by atoms with E-state index in [2.05, 4.69) is 10.3 Å². The monoisotopic (exact) mass is 264 g/mol. The number of primary amides is 1. The summed E-state index contributed by atoms with van der Waals surface area (Å²) in [6, 6.07) is 5.66. The van der Waals surface area contributed by atoms with Crippen LogP contribution in [0.5, 0.6) is 0 Å². The molecule has 0 aliphatic rings. The minimum absolute atomic E-state index is 0.00595. The molecule has 2 rings (SSSR count). The second-order valence-corrected chi connectivity index (χ2v) is 3.78. The Morgan fingerprint density at radius 2 is 1.79 bits per heavy atom. The van der Waals surface area contributed by atoms with Crippen LogP contribution in [-0.2, 0) is 0 Å². The third kappa shape index (κ3) is 2.95. The Morgan fingerprint density at radius 1 is 1.16 bits per heavy atom. The number of rotatable bonds is 3. The molecule has 98 valence electrons. The fourth-order valence-electron chi connectivity index (χ4n) is 1.47. The Morgan fingerprint density at radius 3 is 2.37 bits per heavy atom. The zero-order chi connectivity index (χ0) is 14.0. The molecular formula is C12H10F2N4O. The number of hydrogen-bond donors (Lipinski definition) is 3. The predicted molar refractivity (Wildman–Crippen MR) is 66.8 cm³/mol. The van der Waals surface area contributed by atoms with Gasteiger partial charge in [0.25, 0.3) is 5.91 Å². The number of benzene rings is 1. The van der Waals surface area contributed by atoms with Gasteiger partial charge in [0.2, 0.25) is 0 Å². The molecule has 1 amide bonds. The Balaban J connectivity index is 2.37. The van der Waals surface area contributed by atoms with E-state index in [-0.39, 0.29) is 22.9 Å². The predicted octanol–water partition coefficient (Wildman–Crippen LogP) is 1.78. The molecule has 1 heterocycles. The molecule has 5 nitrogen and oxygen atoms in total. The maximum atomic E-state index is 13.0. The molecule has 5 N–H and O–H groups in total. The summed E-state index contributed by atoms with van der Waals surface area (Å²) in [7, 11) is 0. The van der Waals surface area contributed by atoms with Gasteiger partial charge in [-0.2, -0.15) is 0 Å². The summed E-state index contributed by atoms with van der Waals surface area (Å²) in [6.45, 7) is 0. The van der Waals surface area contributed by atoms with Crippen molar-refractivity contribution in [3.05, 3.63) is 47.7 Å². The van der Waals surface area contributed by atoms with Crippen LogP contribution in [0.25, 0.3) is 0 Å². The smallest absolute Gasteiger partial charge is 0.267 e. The van der Waals surface area contributed by atoms with Gasteiger partial charge in [-0.05, 0) is 24.3 Å². The van der Waals surface area contributed by atoms with Crippen LogP contribution in [0.4, 0.5) is 26.0 Å². The highest BCUT2D eigenvalue weighted by Gasteiger charge is 2.08. The molecule has 0 aliphatic carbocycles. The fourth-order valence-corrected chi connectivity index (χ4v) is 1.47. The van der Waals surface area contributed by atoms with Crippen molar-refractivity contribution < 1.29 is 13.6 Å². The van der Waals surface area contributed by atoms with Crippen LogP contribution in [0.15, 0.2) is 30.3 Å². The second kappa shape index (κ2) is 4.89. The SMILES string of the molecule is NC(=O)c1ccc(N)c(Nc2cc(F)cc(F)c2)n1. The van der Waals surface area contributed by atoms with Crippen LogP contribution in [0.3, 0.4) is 0 Å². The van der Waals surface area contributed by atoms with E-state index in [1.54, 1.807) is 0 Å². The highest BCUT2D eigenvalue weighted by Crippen LogP contribution is 2.22. The highest BCUT2D eigenvalue weighted by molar-refractivity contribution is 5.92. The molecule has 0 bridgehead atoms. The number of nitrogens with one attached hydrogen (secondary N) is 1. The molecule has 0 radical (unpaired) electrons. The molecule has 0 spiro atoms. The van der Waals surface area contributed by atoms with Crippen molar-refractivity contribution >= 4 is 23.1 Å². The van der Waals surface area contributed by atoms with Gasteiger partial charge in [-0.25, -0.2) is 13.8 Å². The zero-order valence-corrected chi connectivity index (χ0v) is 9.65. The first-order valence-electron chi connectivity index (χ1n) is 5.25. The van der Waals surface area contributed by atoms with E-state index in [4.69, 9.17) is 11.5 Å². The Bertz CT molecular complexity index is 625. The van der Waals surface area contributed by atoms with Crippen LogP contribution >= 0.6 is 0 Å². The normalized spacial score (nSPS) is 10.2. The Hall–Kier alpha value is -2.70. The number of carbonyl (C=O) groups is 1. The third-order valence-electron chi connectivity index (χ3n) is 2.30. The van der Waals surface area contributed by atoms with E-state index >= 15 is 0 Å². The first kappa shape index (κ1) is 12.7. The number of nitrogen functional groups attached to an aromatic ring is 1. The van der Waals surface area contributed by atoms with Crippen molar-refractivity contribution in [2.45, 2.75) is 0 Å². The minimum Gasteiger partial charge on any atom is -0.396 e. The first-order chi connectivity index (χ1) is 8.95. The Kier molecular flexibility index (Phi) is 3.28. The van der Waals surface area contributed by atoms with E-state index in [0.29, 0.717) is 0 Å². The molecule has 0 saturated heterocycles. The van der Waals surface area contributed by atoms with Gasteiger partial charge in [-0.1, -0.05) is 0 Å². The van der Waals surface area contributed by atoms with Crippen LogP contribution in [0.2, 0.25) is 0 Å². The number of amides is 1. The van der Waals surface area contributed by atoms with Crippen LogP contribution in [-0.4, -0.2) is 10.9 Å². The molecule has 0 fully saturated rings. The summed E-state index contributed by atoms with van der Waals surface area (Å²) in [4.78, 5) is 14.9. The van der Waals surface area contributed by atoms with Crippen molar-refractivity contribution in [2.75, 3.05) is 11.1 Å². The zero-order valence-electron chi connectivity index (χ0n) is 9.65. The lowest BCUT2D eigenvalue weighted by Gasteiger charge is -2.09. The Labute approximate surface area is 107 Å². The number of pyridine rings is 1. The molecule has 0 unspecified atom stereocenters. The van der Waals surface area contributed by atoms with Crippen LogP contribution < -0.4 is 16.8 Å². The summed E-state index contributed by atoms with van der Waals surface area (Å²) in [5, 5.41) is 2.63.